The number of allylic oxidation sites excluding steroid dienone is 11. The van der Waals surface area contributed by atoms with Crippen LogP contribution in [0.4, 0.5) is 5.69 Å². The number of anilines is 1. The van der Waals surface area contributed by atoms with E-state index in [9.17, 15) is 0 Å². The van der Waals surface area contributed by atoms with Gasteiger partial charge in [-0.2, -0.15) is 0 Å². The Morgan fingerprint density at radius 1 is 0.754 bits per heavy atom. The van der Waals surface area contributed by atoms with Crippen LogP contribution in [0.5, 0.6) is 0 Å². The third-order valence-electron chi connectivity index (χ3n) is 12.3. The molecule has 3 heteroatoms. The average molecular weight is 738 g/mol. The van der Waals surface area contributed by atoms with Crippen molar-refractivity contribution in [1.82, 2.24) is 5.32 Å². The lowest BCUT2D eigenvalue weighted by Crippen LogP contribution is -2.35. The second-order valence-electron chi connectivity index (χ2n) is 15.9. The molecule has 3 atom stereocenters. The van der Waals surface area contributed by atoms with Crippen molar-refractivity contribution in [3.8, 4) is 11.1 Å². The molecular weight excluding hydrogens is 691 g/mol. The zero-order valence-electron chi connectivity index (χ0n) is 32.2. The number of hydrogen-bond donors (Lipinski definition) is 3. The van der Waals surface area contributed by atoms with E-state index in [-0.39, 0.29) is 12.0 Å². The van der Waals surface area contributed by atoms with Gasteiger partial charge in [-0.05, 0) is 122 Å². The Balaban J connectivity index is 0.946. The van der Waals surface area contributed by atoms with Crippen molar-refractivity contribution in [3.05, 3.63) is 215 Å². The summed E-state index contributed by atoms with van der Waals surface area (Å²) in [4.78, 5) is 0. The Labute approximate surface area is 335 Å². The van der Waals surface area contributed by atoms with Crippen LogP contribution in [0.25, 0.3) is 49.5 Å². The molecule has 4 aliphatic carbocycles. The molecule has 0 saturated carbocycles. The summed E-state index contributed by atoms with van der Waals surface area (Å²) >= 11 is 0. The number of fused-ring (bicyclic) bond motifs is 7. The van der Waals surface area contributed by atoms with Gasteiger partial charge in [0.2, 0.25) is 0 Å². The molecule has 4 aliphatic rings. The third-order valence-corrected chi connectivity index (χ3v) is 12.3. The lowest BCUT2D eigenvalue weighted by molar-refractivity contribution is 0.468. The molecule has 10 rings (SSSR count). The maximum atomic E-state index is 6.97. The molecule has 6 aromatic rings. The summed E-state index contributed by atoms with van der Waals surface area (Å²) < 4.78 is 0. The maximum Gasteiger partial charge on any atom is 0.0464 e. The molecule has 278 valence electrons. The molecule has 0 saturated heterocycles. The normalized spacial score (nSPS) is 19.2. The van der Waals surface area contributed by atoms with Gasteiger partial charge in [0.25, 0.3) is 0 Å². The summed E-state index contributed by atoms with van der Waals surface area (Å²) in [6.07, 6.45) is 31.1. The first-order chi connectivity index (χ1) is 28.1. The van der Waals surface area contributed by atoms with Gasteiger partial charge in [-0.3, -0.25) is 0 Å². The van der Waals surface area contributed by atoms with Crippen molar-refractivity contribution in [2.24, 2.45) is 17.6 Å². The van der Waals surface area contributed by atoms with Gasteiger partial charge in [0, 0.05) is 41.1 Å². The Kier molecular flexibility index (Phi) is 9.37. The van der Waals surface area contributed by atoms with Crippen LogP contribution in [0.15, 0.2) is 199 Å². The van der Waals surface area contributed by atoms with E-state index in [4.69, 9.17) is 5.73 Å². The molecule has 0 bridgehead atoms. The summed E-state index contributed by atoms with van der Waals surface area (Å²) in [5.74, 6) is 0.628. The minimum atomic E-state index is 0.0585. The standard InChI is InChI=1S/C54H47N3/c55-51(44-24-23-38-12-2-4-15-42(38)32-44)34-53(56-35-36-21-22-37-11-1-3-14-41(37)31-36)40-25-28-45(29-26-40)57-52-20-10-9-19-48(52)50-33-43-16-6-7-17-46(43)49-30-27-39-13-5-8-18-47(39)54(49)50/h2-10,12-25,27-31,33-34,40,42,53,56-57H,1,11,26,32,35,55H2/b51-34-. The van der Waals surface area contributed by atoms with E-state index in [2.05, 4.69) is 193 Å². The highest BCUT2D eigenvalue weighted by Crippen LogP contribution is 2.42. The number of rotatable bonds is 9. The van der Waals surface area contributed by atoms with Crippen LogP contribution >= 0.6 is 0 Å². The molecule has 0 fully saturated rings. The van der Waals surface area contributed by atoms with Crippen molar-refractivity contribution in [2.45, 2.75) is 38.3 Å². The lowest BCUT2D eigenvalue weighted by atomic mass is 9.83. The maximum absolute atomic E-state index is 6.97. The van der Waals surface area contributed by atoms with Crippen LogP contribution in [0.1, 0.15) is 36.0 Å². The first-order valence-corrected chi connectivity index (χ1v) is 20.5. The minimum Gasteiger partial charge on any atom is -0.399 e. The molecule has 3 nitrogen and oxygen atoms in total. The van der Waals surface area contributed by atoms with Gasteiger partial charge in [0.15, 0.2) is 0 Å². The molecule has 6 aromatic carbocycles. The zero-order chi connectivity index (χ0) is 38.1. The van der Waals surface area contributed by atoms with Crippen LogP contribution in [0.2, 0.25) is 0 Å². The fraction of sp³-hybridized carbons (Fsp3) is 0.148. The summed E-state index contributed by atoms with van der Waals surface area (Å²) in [6.45, 7) is 0.774. The number of aryl methyl sites for hydroxylation is 1. The molecular formula is C54H47N3. The second kappa shape index (κ2) is 15.3. The number of nitrogens with two attached hydrogens (primary N) is 1. The molecule has 0 amide bonds. The van der Waals surface area contributed by atoms with E-state index in [1.165, 1.54) is 71.3 Å². The molecule has 57 heavy (non-hydrogen) atoms. The van der Waals surface area contributed by atoms with Gasteiger partial charge in [0.1, 0.15) is 0 Å². The number of para-hydroxylation sites is 1. The van der Waals surface area contributed by atoms with Crippen molar-refractivity contribution in [1.29, 1.82) is 0 Å². The van der Waals surface area contributed by atoms with Crippen molar-refractivity contribution in [2.75, 3.05) is 5.32 Å². The highest BCUT2D eigenvalue weighted by Gasteiger charge is 2.23. The summed E-state index contributed by atoms with van der Waals surface area (Å²) in [5.41, 5.74) is 19.1. The Bertz CT molecular complexity index is 2800. The molecule has 0 aromatic heterocycles. The van der Waals surface area contributed by atoms with E-state index >= 15 is 0 Å². The van der Waals surface area contributed by atoms with Gasteiger partial charge < -0.3 is 16.4 Å². The van der Waals surface area contributed by atoms with Gasteiger partial charge >= 0.3 is 0 Å². The quantitative estimate of drug-likeness (QED) is 0.130. The van der Waals surface area contributed by atoms with E-state index in [0.29, 0.717) is 5.92 Å². The van der Waals surface area contributed by atoms with E-state index in [0.717, 1.165) is 49.3 Å². The van der Waals surface area contributed by atoms with Crippen molar-refractivity contribution in [3.63, 3.8) is 0 Å². The minimum absolute atomic E-state index is 0.0585. The van der Waals surface area contributed by atoms with Gasteiger partial charge in [0.05, 0.1) is 0 Å². The first-order valence-electron chi connectivity index (χ1n) is 20.5. The Morgan fingerprint density at radius 2 is 1.61 bits per heavy atom. The van der Waals surface area contributed by atoms with E-state index in [1.54, 1.807) is 0 Å². The molecule has 0 heterocycles. The number of benzene rings is 6. The van der Waals surface area contributed by atoms with Gasteiger partial charge in [-0.1, -0.05) is 158 Å². The molecule has 4 N–H and O–H groups in total. The molecule has 0 spiro atoms. The summed E-state index contributed by atoms with van der Waals surface area (Å²) in [7, 11) is 0. The summed E-state index contributed by atoms with van der Waals surface area (Å²) in [6, 6.07) is 40.2. The van der Waals surface area contributed by atoms with Gasteiger partial charge in [-0.15, -0.1) is 0 Å². The molecule has 0 radical (unpaired) electrons. The molecule has 0 aliphatic heterocycles. The van der Waals surface area contributed by atoms with E-state index in [1.807, 2.05) is 0 Å². The first kappa shape index (κ1) is 35.0. The van der Waals surface area contributed by atoms with Gasteiger partial charge in [-0.25, -0.2) is 0 Å². The molecule has 3 unspecified atom stereocenters. The van der Waals surface area contributed by atoms with Crippen molar-refractivity contribution >= 4 is 44.1 Å². The highest BCUT2D eigenvalue weighted by molar-refractivity contribution is 6.23. The predicted molar refractivity (Wildman–Crippen MR) is 243 cm³/mol. The number of nitrogens with one attached hydrogen (secondary N) is 2. The fourth-order valence-electron chi connectivity index (χ4n) is 9.21. The Morgan fingerprint density at radius 3 is 2.53 bits per heavy atom. The van der Waals surface area contributed by atoms with Crippen LogP contribution in [-0.4, -0.2) is 6.04 Å². The zero-order valence-corrected chi connectivity index (χ0v) is 32.2. The predicted octanol–water partition coefficient (Wildman–Crippen LogP) is 12.6. The average Bonchev–Trinajstić information content (AvgIpc) is 3.27. The topological polar surface area (TPSA) is 50.1 Å². The van der Waals surface area contributed by atoms with Crippen LogP contribution < -0.4 is 16.4 Å². The lowest BCUT2D eigenvalue weighted by Gasteiger charge is -2.28. The van der Waals surface area contributed by atoms with E-state index < -0.39 is 0 Å². The fourth-order valence-corrected chi connectivity index (χ4v) is 9.21. The summed E-state index contributed by atoms with van der Waals surface area (Å²) in [5, 5.41) is 15.4. The van der Waals surface area contributed by atoms with Crippen molar-refractivity contribution < 1.29 is 0 Å². The SMILES string of the molecule is N/C(=C\C(NCc1ccc2c(c1)C=CCC2)C1C=CC(Nc2ccccc2-c2cc3ccccc3c3ccc4ccccc4c23)=CC1)C1=CC=C2C=CC=CC2C1. The third kappa shape index (κ3) is 7.01. The monoisotopic (exact) mass is 737 g/mol. The van der Waals surface area contributed by atoms with Crippen LogP contribution in [0.3, 0.4) is 0 Å². The highest BCUT2D eigenvalue weighted by atomic mass is 14.9. The number of hydrogen-bond acceptors (Lipinski definition) is 3. The van der Waals surface area contributed by atoms with Crippen LogP contribution in [-0.2, 0) is 13.0 Å². The smallest absolute Gasteiger partial charge is 0.0464 e. The second-order valence-corrected chi connectivity index (χ2v) is 15.9. The Hall–Kier alpha value is -6.42. The van der Waals surface area contributed by atoms with Crippen LogP contribution in [0, 0.1) is 11.8 Å². The largest absolute Gasteiger partial charge is 0.399 e.